The van der Waals surface area contributed by atoms with Crippen molar-refractivity contribution >= 4 is 21.8 Å². The SMILES string of the molecule is CC1CC(C(=O)NCC2(CBr)CC2)CO1. The van der Waals surface area contributed by atoms with Crippen molar-refractivity contribution in [1.29, 1.82) is 0 Å². The van der Waals surface area contributed by atoms with E-state index in [1.807, 2.05) is 6.92 Å². The zero-order valence-corrected chi connectivity index (χ0v) is 10.7. The number of carbonyl (C=O) groups excluding carboxylic acids is 1. The second-order valence-electron chi connectivity index (χ2n) is 4.93. The molecule has 1 saturated heterocycles. The van der Waals surface area contributed by atoms with E-state index in [1.54, 1.807) is 0 Å². The van der Waals surface area contributed by atoms with Crippen LogP contribution in [0.25, 0.3) is 0 Å². The molecule has 2 rings (SSSR count). The Morgan fingerprint density at radius 3 is 2.80 bits per heavy atom. The van der Waals surface area contributed by atoms with E-state index >= 15 is 0 Å². The molecule has 15 heavy (non-hydrogen) atoms. The number of hydrogen-bond acceptors (Lipinski definition) is 2. The van der Waals surface area contributed by atoms with Gasteiger partial charge in [-0.3, -0.25) is 4.79 Å². The number of nitrogens with one attached hydrogen (secondary N) is 1. The third-order valence-corrected chi connectivity index (χ3v) is 4.64. The van der Waals surface area contributed by atoms with E-state index in [4.69, 9.17) is 4.74 Å². The minimum Gasteiger partial charge on any atom is -0.378 e. The predicted molar refractivity (Wildman–Crippen MR) is 62.0 cm³/mol. The van der Waals surface area contributed by atoms with E-state index < -0.39 is 0 Å². The fourth-order valence-electron chi connectivity index (χ4n) is 1.95. The van der Waals surface area contributed by atoms with Crippen LogP contribution in [0.5, 0.6) is 0 Å². The number of hydrogen-bond donors (Lipinski definition) is 1. The highest BCUT2D eigenvalue weighted by Crippen LogP contribution is 2.46. The van der Waals surface area contributed by atoms with Gasteiger partial charge >= 0.3 is 0 Å². The molecule has 3 nitrogen and oxygen atoms in total. The van der Waals surface area contributed by atoms with Crippen molar-refractivity contribution in [1.82, 2.24) is 5.32 Å². The van der Waals surface area contributed by atoms with Crippen molar-refractivity contribution in [3.8, 4) is 0 Å². The van der Waals surface area contributed by atoms with Crippen LogP contribution in [-0.4, -0.2) is 30.5 Å². The second kappa shape index (κ2) is 4.42. The first-order chi connectivity index (χ1) is 7.15. The van der Waals surface area contributed by atoms with Gasteiger partial charge in [-0.05, 0) is 31.6 Å². The zero-order valence-electron chi connectivity index (χ0n) is 9.09. The van der Waals surface area contributed by atoms with Crippen LogP contribution in [0.4, 0.5) is 0 Å². The third kappa shape index (κ3) is 2.72. The van der Waals surface area contributed by atoms with Gasteiger partial charge in [0.15, 0.2) is 0 Å². The van der Waals surface area contributed by atoms with Crippen LogP contribution in [0, 0.1) is 11.3 Å². The monoisotopic (exact) mass is 275 g/mol. The maximum atomic E-state index is 11.8. The van der Waals surface area contributed by atoms with Gasteiger partial charge in [-0.2, -0.15) is 0 Å². The quantitative estimate of drug-likeness (QED) is 0.794. The summed E-state index contributed by atoms with van der Waals surface area (Å²) < 4.78 is 5.39. The Labute approximate surface area is 99.1 Å². The Balaban J connectivity index is 1.73. The van der Waals surface area contributed by atoms with Crippen LogP contribution in [0.15, 0.2) is 0 Å². The smallest absolute Gasteiger partial charge is 0.225 e. The molecule has 0 aromatic carbocycles. The summed E-state index contributed by atoms with van der Waals surface area (Å²) >= 11 is 3.50. The molecule has 0 bridgehead atoms. The van der Waals surface area contributed by atoms with Crippen molar-refractivity contribution in [3.05, 3.63) is 0 Å². The van der Waals surface area contributed by atoms with Crippen molar-refractivity contribution < 1.29 is 9.53 Å². The van der Waals surface area contributed by atoms with E-state index in [0.717, 1.165) is 18.3 Å². The van der Waals surface area contributed by atoms with Gasteiger partial charge in [0.25, 0.3) is 0 Å². The van der Waals surface area contributed by atoms with Gasteiger partial charge in [0, 0.05) is 11.9 Å². The number of amides is 1. The lowest BCUT2D eigenvalue weighted by atomic mass is 10.0. The Morgan fingerprint density at radius 1 is 1.60 bits per heavy atom. The first-order valence-corrected chi connectivity index (χ1v) is 6.73. The van der Waals surface area contributed by atoms with Gasteiger partial charge < -0.3 is 10.1 Å². The van der Waals surface area contributed by atoms with E-state index in [1.165, 1.54) is 12.8 Å². The Morgan fingerprint density at radius 2 is 2.33 bits per heavy atom. The molecular weight excluding hydrogens is 258 g/mol. The summed E-state index contributed by atoms with van der Waals surface area (Å²) in [6.07, 6.45) is 3.58. The molecule has 1 heterocycles. The highest BCUT2D eigenvalue weighted by Gasteiger charge is 2.42. The number of halogens is 1. The fraction of sp³-hybridized carbons (Fsp3) is 0.909. The van der Waals surface area contributed by atoms with Crippen LogP contribution in [-0.2, 0) is 9.53 Å². The van der Waals surface area contributed by atoms with Crippen molar-refractivity contribution in [3.63, 3.8) is 0 Å². The third-order valence-electron chi connectivity index (χ3n) is 3.45. The maximum Gasteiger partial charge on any atom is 0.225 e. The molecule has 0 radical (unpaired) electrons. The molecule has 4 heteroatoms. The second-order valence-corrected chi connectivity index (χ2v) is 5.49. The van der Waals surface area contributed by atoms with Crippen LogP contribution in [0.1, 0.15) is 26.2 Å². The largest absolute Gasteiger partial charge is 0.378 e. The summed E-state index contributed by atoms with van der Waals surface area (Å²) in [7, 11) is 0. The summed E-state index contributed by atoms with van der Waals surface area (Å²) in [6, 6.07) is 0. The van der Waals surface area contributed by atoms with Crippen LogP contribution in [0.3, 0.4) is 0 Å². The number of carbonyl (C=O) groups is 1. The average molecular weight is 276 g/mol. The molecule has 2 unspecified atom stereocenters. The summed E-state index contributed by atoms with van der Waals surface area (Å²) in [5.74, 6) is 0.248. The number of rotatable bonds is 4. The van der Waals surface area contributed by atoms with Gasteiger partial charge in [-0.25, -0.2) is 0 Å². The topological polar surface area (TPSA) is 38.3 Å². The molecule has 2 atom stereocenters. The minimum absolute atomic E-state index is 0.0751. The maximum absolute atomic E-state index is 11.8. The highest BCUT2D eigenvalue weighted by atomic mass is 79.9. The van der Waals surface area contributed by atoms with Crippen LogP contribution in [0.2, 0.25) is 0 Å². The molecule has 2 aliphatic rings. The molecular formula is C11H18BrNO2. The predicted octanol–water partition coefficient (Wildman–Crippen LogP) is 1.70. The summed E-state index contributed by atoms with van der Waals surface area (Å²) in [6.45, 7) is 3.43. The van der Waals surface area contributed by atoms with Gasteiger partial charge in [-0.1, -0.05) is 15.9 Å². The molecule has 1 amide bonds. The lowest BCUT2D eigenvalue weighted by Gasteiger charge is -2.14. The van der Waals surface area contributed by atoms with Crippen LogP contribution >= 0.6 is 15.9 Å². The summed E-state index contributed by atoms with van der Waals surface area (Å²) in [5.41, 5.74) is 0.362. The first-order valence-electron chi connectivity index (χ1n) is 5.60. The number of ether oxygens (including phenoxy) is 1. The number of alkyl halides is 1. The van der Waals surface area contributed by atoms with Gasteiger partial charge in [0.05, 0.1) is 18.6 Å². The van der Waals surface area contributed by atoms with Gasteiger partial charge in [-0.15, -0.1) is 0 Å². The standard InChI is InChI=1S/C11H18BrNO2/c1-8-4-9(5-15-8)10(14)13-7-11(6-12)2-3-11/h8-9H,2-7H2,1H3,(H,13,14). The van der Waals surface area contributed by atoms with E-state index in [0.29, 0.717) is 12.0 Å². The fourth-order valence-corrected chi connectivity index (χ4v) is 2.71. The van der Waals surface area contributed by atoms with Crippen molar-refractivity contribution in [2.75, 3.05) is 18.5 Å². The first kappa shape index (κ1) is 11.4. The molecule has 1 aliphatic heterocycles. The molecule has 1 aliphatic carbocycles. The van der Waals surface area contributed by atoms with E-state index in [9.17, 15) is 4.79 Å². The Bertz CT molecular complexity index is 253. The molecule has 0 spiro atoms. The van der Waals surface area contributed by atoms with E-state index in [-0.39, 0.29) is 17.9 Å². The molecule has 1 saturated carbocycles. The van der Waals surface area contributed by atoms with Crippen molar-refractivity contribution in [2.45, 2.75) is 32.3 Å². The molecule has 1 N–H and O–H groups in total. The van der Waals surface area contributed by atoms with Gasteiger partial charge in [0.1, 0.15) is 0 Å². The normalized spacial score (nSPS) is 32.7. The molecule has 0 aromatic heterocycles. The Hall–Kier alpha value is -0.0900. The van der Waals surface area contributed by atoms with Crippen molar-refractivity contribution in [2.24, 2.45) is 11.3 Å². The molecule has 2 fully saturated rings. The summed E-state index contributed by atoms with van der Waals surface area (Å²) in [5, 5.41) is 4.05. The van der Waals surface area contributed by atoms with E-state index in [2.05, 4.69) is 21.2 Å². The highest BCUT2D eigenvalue weighted by molar-refractivity contribution is 9.09. The Kier molecular flexibility index (Phi) is 3.36. The lowest BCUT2D eigenvalue weighted by Crippen LogP contribution is -2.35. The molecule has 0 aromatic rings. The average Bonchev–Trinajstić information content (AvgIpc) is 2.90. The lowest BCUT2D eigenvalue weighted by molar-refractivity contribution is -0.125. The molecule has 86 valence electrons. The minimum atomic E-state index is 0.0751. The van der Waals surface area contributed by atoms with Gasteiger partial charge in [0.2, 0.25) is 5.91 Å². The zero-order chi connectivity index (χ0) is 10.9. The summed E-state index contributed by atoms with van der Waals surface area (Å²) in [4.78, 5) is 11.8. The van der Waals surface area contributed by atoms with Crippen LogP contribution < -0.4 is 5.32 Å².